The second kappa shape index (κ2) is 6.78. The third-order valence-corrected chi connectivity index (χ3v) is 2.22. The molecule has 0 bridgehead atoms. The minimum Gasteiger partial charge on any atom is -0.494 e. The maximum atomic E-state index is 11.2. The molecule has 0 aliphatic heterocycles. The van der Waals surface area contributed by atoms with E-state index in [4.69, 9.17) is 9.47 Å². The summed E-state index contributed by atoms with van der Waals surface area (Å²) in [4.78, 5) is 11.2. The van der Waals surface area contributed by atoms with Gasteiger partial charge in [-0.3, -0.25) is 4.79 Å². The Labute approximate surface area is 101 Å². The van der Waals surface area contributed by atoms with E-state index in [-0.39, 0.29) is 11.9 Å². The summed E-state index contributed by atoms with van der Waals surface area (Å²) in [5, 5.41) is 0. The molecule has 1 atom stereocenters. The fourth-order valence-corrected chi connectivity index (χ4v) is 1.31. The number of hydrogen-bond acceptors (Lipinski definition) is 4. The second-order valence-corrected chi connectivity index (χ2v) is 3.64. The van der Waals surface area contributed by atoms with Gasteiger partial charge in [-0.25, -0.2) is 0 Å². The molecule has 0 fully saturated rings. The normalized spacial score (nSPS) is 11.7. The van der Waals surface area contributed by atoms with Crippen molar-refractivity contribution in [1.29, 1.82) is 0 Å². The molecular formula is C13H18O4. The molecule has 0 saturated carbocycles. The summed E-state index contributed by atoms with van der Waals surface area (Å²) in [7, 11) is 1.37. The summed E-state index contributed by atoms with van der Waals surface area (Å²) in [5.41, 5.74) is 0. The van der Waals surface area contributed by atoms with Gasteiger partial charge in [0.25, 0.3) is 0 Å². The van der Waals surface area contributed by atoms with Gasteiger partial charge in [-0.1, -0.05) is 6.07 Å². The predicted molar refractivity (Wildman–Crippen MR) is 64.3 cm³/mol. The van der Waals surface area contributed by atoms with E-state index in [2.05, 4.69) is 4.74 Å². The fourth-order valence-electron chi connectivity index (χ4n) is 1.31. The van der Waals surface area contributed by atoms with E-state index in [0.717, 1.165) is 5.75 Å². The minimum absolute atomic E-state index is 0.272. The molecule has 4 nitrogen and oxygen atoms in total. The number of esters is 1. The van der Waals surface area contributed by atoms with Gasteiger partial charge in [0.15, 0.2) is 0 Å². The number of benzene rings is 1. The first-order valence-corrected chi connectivity index (χ1v) is 5.60. The topological polar surface area (TPSA) is 44.8 Å². The lowest BCUT2D eigenvalue weighted by Crippen LogP contribution is -2.19. The third-order valence-electron chi connectivity index (χ3n) is 2.22. The van der Waals surface area contributed by atoms with Gasteiger partial charge in [0.2, 0.25) is 0 Å². The SMILES string of the molecule is CCOc1cccc(OCC(C)C(=O)OC)c1. The molecule has 0 amide bonds. The van der Waals surface area contributed by atoms with Crippen molar-refractivity contribution >= 4 is 5.97 Å². The summed E-state index contributed by atoms with van der Waals surface area (Å²) >= 11 is 0. The van der Waals surface area contributed by atoms with Crippen molar-refractivity contribution in [3.63, 3.8) is 0 Å². The predicted octanol–water partition coefficient (Wildman–Crippen LogP) is 2.27. The molecule has 0 radical (unpaired) electrons. The smallest absolute Gasteiger partial charge is 0.311 e. The summed E-state index contributed by atoms with van der Waals surface area (Å²) < 4.78 is 15.5. The molecular weight excluding hydrogens is 220 g/mol. The number of rotatable bonds is 6. The Balaban J connectivity index is 2.51. The Hall–Kier alpha value is -1.71. The van der Waals surface area contributed by atoms with Gasteiger partial charge in [-0.05, 0) is 26.0 Å². The molecule has 1 unspecified atom stereocenters. The van der Waals surface area contributed by atoms with Gasteiger partial charge in [0.05, 0.1) is 19.6 Å². The fraction of sp³-hybridized carbons (Fsp3) is 0.462. The quantitative estimate of drug-likeness (QED) is 0.713. The van der Waals surface area contributed by atoms with E-state index in [1.807, 2.05) is 25.1 Å². The average Bonchev–Trinajstić information content (AvgIpc) is 2.36. The van der Waals surface area contributed by atoms with Gasteiger partial charge in [0.1, 0.15) is 18.1 Å². The third kappa shape index (κ3) is 4.34. The summed E-state index contributed by atoms with van der Waals surface area (Å²) in [6.45, 7) is 4.59. The number of hydrogen-bond donors (Lipinski definition) is 0. The maximum absolute atomic E-state index is 11.2. The molecule has 17 heavy (non-hydrogen) atoms. The van der Waals surface area contributed by atoms with Crippen LogP contribution in [0.1, 0.15) is 13.8 Å². The van der Waals surface area contributed by atoms with E-state index in [0.29, 0.717) is 19.0 Å². The largest absolute Gasteiger partial charge is 0.494 e. The van der Waals surface area contributed by atoms with Crippen LogP contribution in [0.25, 0.3) is 0 Å². The Bertz CT molecular complexity index is 362. The molecule has 1 aromatic carbocycles. The molecule has 0 spiro atoms. The van der Waals surface area contributed by atoms with Crippen molar-refractivity contribution in [2.24, 2.45) is 5.92 Å². The zero-order chi connectivity index (χ0) is 12.7. The van der Waals surface area contributed by atoms with Crippen molar-refractivity contribution in [3.05, 3.63) is 24.3 Å². The highest BCUT2D eigenvalue weighted by atomic mass is 16.5. The minimum atomic E-state index is -0.282. The van der Waals surface area contributed by atoms with Crippen LogP contribution in [0, 0.1) is 5.92 Å². The molecule has 0 aliphatic rings. The first-order valence-electron chi connectivity index (χ1n) is 5.60. The van der Waals surface area contributed by atoms with Gasteiger partial charge in [0, 0.05) is 6.07 Å². The van der Waals surface area contributed by atoms with Crippen molar-refractivity contribution in [2.75, 3.05) is 20.3 Å². The van der Waals surface area contributed by atoms with E-state index in [1.165, 1.54) is 7.11 Å². The standard InChI is InChI=1S/C13H18O4/c1-4-16-11-6-5-7-12(8-11)17-9-10(2)13(14)15-3/h5-8,10H,4,9H2,1-3H3. The molecule has 0 aromatic heterocycles. The lowest BCUT2D eigenvalue weighted by atomic mass is 10.2. The van der Waals surface area contributed by atoms with E-state index >= 15 is 0 Å². The van der Waals surface area contributed by atoms with Crippen LogP contribution in [-0.4, -0.2) is 26.3 Å². The van der Waals surface area contributed by atoms with Crippen LogP contribution in [0.2, 0.25) is 0 Å². The maximum Gasteiger partial charge on any atom is 0.311 e. The Morgan fingerprint density at radius 3 is 2.53 bits per heavy atom. The molecule has 1 rings (SSSR count). The second-order valence-electron chi connectivity index (χ2n) is 3.64. The monoisotopic (exact) mass is 238 g/mol. The molecule has 0 heterocycles. The van der Waals surface area contributed by atoms with Crippen LogP contribution in [0.15, 0.2) is 24.3 Å². The highest BCUT2D eigenvalue weighted by molar-refractivity contribution is 5.71. The Kier molecular flexibility index (Phi) is 5.33. The zero-order valence-electron chi connectivity index (χ0n) is 10.4. The molecule has 4 heteroatoms. The van der Waals surface area contributed by atoms with E-state index < -0.39 is 0 Å². The number of methoxy groups -OCH3 is 1. The first-order chi connectivity index (χ1) is 8.17. The lowest BCUT2D eigenvalue weighted by molar-refractivity contribution is -0.145. The number of ether oxygens (including phenoxy) is 3. The van der Waals surface area contributed by atoms with Crippen LogP contribution < -0.4 is 9.47 Å². The molecule has 0 aliphatic carbocycles. The van der Waals surface area contributed by atoms with Crippen molar-refractivity contribution < 1.29 is 19.0 Å². The van der Waals surface area contributed by atoms with Gasteiger partial charge in [-0.15, -0.1) is 0 Å². The van der Waals surface area contributed by atoms with E-state index in [9.17, 15) is 4.79 Å². The Morgan fingerprint density at radius 2 is 1.94 bits per heavy atom. The van der Waals surface area contributed by atoms with Crippen LogP contribution in [0.3, 0.4) is 0 Å². The van der Waals surface area contributed by atoms with Gasteiger partial charge in [-0.2, -0.15) is 0 Å². The molecule has 0 saturated heterocycles. The molecule has 0 N–H and O–H groups in total. The van der Waals surface area contributed by atoms with Crippen LogP contribution >= 0.6 is 0 Å². The Morgan fingerprint density at radius 1 is 1.29 bits per heavy atom. The zero-order valence-corrected chi connectivity index (χ0v) is 10.4. The van der Waals surface area contributed by atoms with E-state index in [1.54, 1.807) is 13.0 Å². The van der Waals surface area contributed by atoms with Crippen LogP contribution in [-0.2, 0) is 9.53 Å². The first kappa shape index (κ1) is 13.4. The summed E-state index contributed by atoms with van der Waals surface area (Å²) in [6.07, 6.45) is 0. The summed E-state index contributed by atoms with van der Waals surface area (Å²) in [5.74, 6) is 0.893. The molecule has 1 aromatic rings. The summed E-state index contributed by atoms with van der Waals surface area (Å²) in [6, 6.07) is 7.34. The number of carbonyl (C=O) groups excluding carboxylic acids is 1. The van der Waals surface area contributed by atoms with Crippen LogP contribution in [0.4, 0.5) is 0 Å². The highest BCUT2D eigenvalue weighted by Gasteiger charge is 2.13. The van der Waals surface area contributed by atoms with Crippen molar-refractivity contribution in [3.8, 4) is 11.5 Å². The van der Waals surface area contributed by atoms with Crippen LogP contribution in [0.5, 0.6) is 11.5 Å². The van der Waals surface area contributed by atoms with Gasteiger partial charge >= 0.3 is 5.97 Å². The average molecular weight is 238 g/mol. The lowest BCUT2D eigenvalue weighted by Gasteiger charge is -2.12. The number of carbonyl (C=O) groups is 1. The highest BCUT2D eigenvalue weighted by Crippen LogP contribution is 2.19. The van der Waals surface area contributed by atoms with Crippen molar-refractivity contribution in [2.45, 2.75) is 13.8 Å². The molecule has 94 valence electrons. The van der Waals surface area contributed by atoms with Gasteiger partial charge < -0.3 is 14.2 Å². The van der Waals surface area contributed by atoms with Crippen molar-refractivity contribution in [1.82, 2.24) is 0 Å².